The van der Waals surface area contributed by atoms with Crippen LogP contribution in [0.1, 0.15) is 0 Å². The van der Waals surface area contributed by atoms with E-state index in [1.807, 2.05) is 31.3 Å². The zero-order valence-corrected chi connectivity index (χ0v) is 7.09. The van der Waals surface area contributed by atoms with Crippen molar-refractivity contribution in [3.05, 3.63) is 36.7 Å². The molecule has 0 spiro atoms. The zero-order chi connectivity index (χ0) is 8.97. The molecule has 0 bridgehead atoms. The van der Waals surface area contributed by atoms with Gasteiger partial charge in [-0.2, -0.15) is 0 Å². The molecule has 12 heavy (non-hydrogen) atoms. The first kappa shape index (κ1) is 8.46. The van der Waals surface area contributed by atoms with Crippen LogP contribution < -0.4 is 16.4 Å². The molecule has 0 saturated carbocycles. The van der Waals surface area contributed by atoms with E-state index in [4.69, 9.17) is 5.73 Å². The molecule has 0 saturated heterocycles. The van der Waals surface area contributed by atoms with Crippen LogP contribution in [0, 0.1) is 0 Å². The summed E-state index contributed by atoms with van der Waals surface area (Å²) < 4.78 is 0. The second-order valence-electron chi connectivity index (χ2n) is 2.48. The first-order valence-corrected chi connectivity index (χ1v) is 3.71. The SMILES string of the molecule is C=C(NC)Nc1cccc(N)c1. The van der Waals surface area contributed by atoms with E-state index >= 15 is 0 Å². The number of hydrogen-bond acceptors (Lipinski definition) is 3. The van der Waals surface area contributed by atoms with Crippen molar-refractivity contribution in [2.75, 3.05) is 18.1 Å². The topological polar surface area (TPSA) is 50.1 Å². The van der Waals surface area contributed by atoms with Gasteiger partial charge in [0.25, 0.3) is 0 Å². The summed E-state index contributed by atoms with van der Waals surface area (Å²) in [5.41, 5.74) is 7.26. The highest BCUT2D eigenvalue weighted by molar-refractivity contribution is 5.56. The molecule has 0 heterocycles. The van der Waals surface area contributed by atoms with E-state index in [2.05, 4.69) is 17.2 Å². The Morgan fingerprint density at radius 1 is 1.50 bits per heavy atom. The monoisotopic (exact) mass is 163 g/mol. The van der Waals surface area contributed by atoms with Crippen LogP contribution in [0.15, 0.2) is 36.7 Å². The third-order valence-electron chi connectivity index (χ3n) is 1.48. The summed E-state index contributed by atoms with van der Waals surface area (Å²) in [4.78, 5) is 0. The molecule has 0 aliphatic rings. The van der Waals surface area contributed by atoms with Crippen molar-refractivity contribution >= 4 is 11.4 Å². The van der Waals surface area contributed by atoms with Gasteiger partial charge < -0.3 is 16.4 Å². The minimum atomic E-state index is 0.740. The molecule has 0 fully saturated rings. The van der Waals surface area contributed by atoms with Gasteiger partial charge in [-0.15, -0.1) is 0 Å². The predicted octanol–water partition coefficient (Wildman–Crippen LogP) is 1.37. The van der Waals surface area contributed by atoms with Gasteiger partial charge >= 0.3 is 0 Å². The molecular weight excluding hydrogens is 150 g/mol. The molecule has 0 unspecified atom stereocenters. The van der Waals surface area contributed by atoms with Gasteiger partial charge in [0.2, 0.25) is 0 Å². The number of hydrogen-bond donors (Lipinski definition) is 3. The van der Waals surface area contributed by atoms with Gasteiger partial charge in [-0.05, 0) is 18.2 Å². The van der Waals surface area contributed by atoms with Crippen molar-refractivity contribution in [2.24, 2.45) is 0 Å². The normalized spacial score (nSPS) is 9.08. The molecule has 0 radical (unpaired) electrons. The Bertz CT molecular complexity index is 281. The molecule has 1 aromatic rings. The molecule has 0 aromatic heterocycles. The molecule has 1 aromatic carbocycles. The van der Waals surface area contributed by atoms with Crippen molar-refractivity contribution in [3.8, 4) is 0 Å². The highest BCUT2D eigenvalue weighted by Gasteiger charge is 1.92. The summed E-state index contributed by atoms with van der Waals surface area (Å²) in [6.07, 6.45) is 0. The van der Waals surface area contributed by atoms with Crippen LogP contribution >= 0.6 is 0 Å². The Morgan fingerprint density at radius 3 is 2.83 bits per heavy atom. The van der Waals surface area contributed by atoms with E-state index in [9.17, 15) is 0 Å². The van der Waals surface area contributed by atoms with Crippen molar-refractivity contribution in [1.29, 1.82) is 0 Å². The average Bonchev–Trinajstić information content (AvgIpc) is 2.04. The highest BCUT2D eigenvalue weighted by atomic mass is 15.1. The lowest BCUT2D eigenvalue weighted by Gasteiger charge is -2.08. The van der Waals surface area contributed by atoms with Crippen LogP contribution in [0.2, 0.25) is 0 Å². The predicted molar refractivity (Wildman–Crippen MR) is 52.7 cm³/mol. The van der Waals surface area contributed by atoms with Gasteiger partial charge in [0.15, 0.2) is 0 Å². The van der Waals surface area contributed by atoms with E-state index in [1.54, 1.807) is 0 Å². The maximum Gasteiger partial charge on any atom is 0.0954 e. The van der Waals surface area contributed by atoms with Crippen LogP contribution in [-0.4, -0.2) is 7.05 Å². The summed E-state index contributed by atoms with van der Waals surface area (Å²) in [7, 11) is 1.81. The number of anilines is 2. The number of nitrogens with two attached hydrogens (primary N) is 1. The van der Waals surface area contributed by atoms with E-state index in [0.717, 1.165) is 17.2 Å². The first-order chi connectivity index (χ1) is 5.72. The number of nitrogen functional groups attached to an aromatic ring is 1. The maximum absolute atomic E-state index is 5.59. The minimum absolute atomic E-state index is 0.740. The zero-order valence-electron chi connectivity index (χ0n) is 7.09. The number of nitrogens with one attached hydrogen (secondary N) is 2. The average molecular weight is 163 g/mol. The van der Waals surface area contributed by atoms with Gasteiger partial charge in [-0.25, -0.2) is 0 Å². The quantitative estimate of drug-likeness (QED) is 0.590. The summed E-state index contributed by atoms with van der Waals surface area (Å²) in [6.45, 7) is 3.74. The summed E-state index contributed by atoms with van der Waals surface area (Å²) in [5.74, 6) is 0.751. The Hall–Kier alpha value is -1.64. The van der Waals surface area contributed by atoms with Gasteiger partial charge in [-0.3, -0.25) is 0 Å². The Morgan fingerprint density at radius 2 is 2.25 bits per heavy atom. The first-order valence-electron chi connectivity index (χ1n) is 3.71. The van der Waals surface area contributed by atoms with Crippen molar-refractivity contribution in [1.82, 2.24) is 5.32 Å². The van der Waals surface area contributed by atoms with Crippen molar-refractivity contribution in [3.63, 3.8) is 0 Å². The van der Waals surface area contributed by atoms with E-state index in [1.165, 1.54) is 0 Å². The van der Waals surface area contributed by atoms with Gasteiger partial charge in [0.1, 0.15) is 0 Å². The highest BCUT2D eigenvalue weighted by Crippen LogP contribution is 2.12. The standard InChI is InChI=1S/C9H13N3/c1-7(11-2)12-9-5-3-4-8(10)6-9/h3-6,11-12H,1,10H2,2H3. The summed E-state index contributed by atoms with van der Waals surface area (Å²) in [6, 6.07) is 7.51. The van der Waals surface area contributed by atoms with Gasteiger partial charge in [0.05, 0.1) is 5.82 Å². The lowest BCUT2D eigenvalue weighted by Crippen LogP contribution is -2.12. The largest absolute Gasteiger partial charge is 0.399 e. The molecule has 0 aliphatic heterocycles. The molecule has 0 amide bonds. The second-order valence-corrected chi connectivity index (χ2v) is 2.48. The number of rotatable bonds is 3. The molecule has 64 valence electrons. The second kappa shape index (κ2) is 3.67. The fraction of sp³-hybridized carbons (Fsp3) is 0.111. The third-order valence-corrected chi connectivity index (χ3v) is 1.48. The van der Waals surface area contributed by atoms with Crippen molar-refractivity contribution < 1.29 is 0 Å². The Kier molecular flexibility index (Phi) is 2.58. The lowest BCUT2D eigenvalue weighted by molar-refractivity contribution is 1.01. The van der Waals surface area contributed by atoms with Crippen molar-refractivity contribution in [2.45, 2.75) is 0 Å². The maximum atomic E-state index is 5.59. The molecule has 0 aliphatic carbocycles. The minimum Gasteiger partial charge on any atom is -0.399 e. The van der Waals surface area contributed by atoms with Gasteiger partial charge in [0, 0.05) is 18.4 Å². The molecule has 3 heteroatoms. The van der Waals surface area contributed by atoms with E-state index in [0.29, 0.717) is 0 Å². The molecular formula is C9H13N3. The molecule has 4 N–H and O–H groups in total. The van der Waals surface area contributed by atoms with Gasteiger partial charge in [-0.1, -0.05) is 12.6 Å². The third kappa shape index (κ3) is 2.20. The number of benzene rings is 1. The fourth-order valence-electron chi connectivity index (χ4n) is 0.853. The molecule has 1 rings (SSSR count). The summed E-state index contributed by atoms with van der Waals surface area (Å²) >= 11 is 0. The van der Waals surface area contributed by atoms with E-state index < -0.39 is 0 Å². The Labute approximate surface area is 72.3 Å². The van der Waals surface area contributed by atoms with Crippen LogP contribution in [0.25, 0.3) is 0 Å². The van der Waals surface area contributed by atoms with Crippen LogP contribution in [0.3, 0.4) is 0 Å². The van der Waals surface area contributed by atoms with Crippen LogP contribution in [0.5, 0.6) is 0 Å². The summed E-state index contributed by atoms with van der Waals surface area (Å²) in [5, 5.41) is 5.93. The lowest BCUT2D eigenvalue weighted by atomic mass is 10.3. The Balaban J connectivity index is 2.69. The molecule has 3 nitrogen and oxygen atoms in total. The smallest absolute Gasteiger partial charge is 0.0954 e. The molecule has 0 atom stereocenters. The van der Waals surface area contributed by atoms with Crippen LogP contribution in [0.4, 0.5) is 11.4 Å². The van der Waals surface area contributed by atoms with Crippen LogP contribution in [-0.2, 0) is 0 Å². The van der Waals surface area contributed by atoms with E-state index in [-0.39, 0.29) is 0 Å². The fourth-order valence-corrected chi connectivity index (χ4v) is 0.853.